The van der Waals surface area contributed by atoms with Crippen LogP contribution >= 0.6 is 11.3 Å². The monoisotopic (exact) mass is 355 g/mol. The van der Waals surface area contributed by atoms with Crippen molar-refractivity contribution in [3.8, 4) is 0 Å². The molecule has 128 valence electrons. The number of fused-ring (bicyclic) bond motifs is 1. The first-order chi connectivity index (χ1) is 12.0. The predicted octanol–water partition coefficient (Wildman–Crippen LogP) is 2.99. The lowest BCUT2D eigenvalue weighted by atomic mass is 10.1. The summed E-state index contributed by atoms with van der Waals surface area (Å²) in [6, 6.07) is 14.1. The summed E-state index contributed by atoms with van der Waals surface area (Å²) in [5.41, 5.74) is 1.57. The van der Waals surface area contributed by atoms with Gasteiger partial charge in [0.2, 0.25) is 5.91 Å². The smallest absolute Gasteiger partial charge is 0.335 e. The molecule has 0 saturated heterocycles. The molecule has 6 heteroatoms. The molecule has 0 aliphatic carbocycles. The third-order valence-electron chi connectivity index (χ3n) is 3.90. The second-order valence-corrected chi connectivity index (χ2v) is 6.60. The van der Waals surface area contributed by atoms with E-state index in [1.165, 1.54) is 12.1 Å². The minimum absolute atomic E-state index is 0.0677. The largest absolute Gasteiger partial charge is 0.478 e. The molecule has 0 aliphatic rings. The van der Waals surface area contributed by atoms with Crippen LogP contribution in [-0.4, -0.2) is 28.6 Å². The Bertz CT molecular complexity index is 918. The number of carboxylic acids is 1. The zero-order valence-electron chi connectivity index (χ0n) is 13.3. The summed E-state index contributed by atoms with van der Waals surface area (Å²) >= 11 is 1.56. The molecule has 0 radical (unpaired) electrons. The van der Waals surface area contributed by atoms with Gasteiger partial charge in [-0.2, -0.15) is 0 Å². The van der Waals surface area contributed by atoms with E-state index in [4.69, 9.17) is 5.11 Å². The Morgan fingerprint density at radius 2 is 1.92 bits per heavy atom. The van der Waals surface area contributed by atoms with Crippen LogP contribution in [-0.2, 0) is 11.2 Å². The lowest BCUT2D eigenvalue weighted by molar-refractivity contribution is -0.120. The highest BCUT2D eigenvalue weighted by molar-refractivity contribution is 7.17. The predicted molar refractivity (Wildman–Crippen MR) is 96.9 cm³/mol. The number of nitrogens with one attached hydrogen (secondary N) is 1. The van der Waals surface area contributed by atoms with Gasteiger partial charge in [0.05, 0.1) is 18.1 Å². The summed E-state index contributed by atoms with van der Waals surface area (Å²) in [6.45, 7) is 0.109. The SMILES string of the molecule is O=C(Cc1cccc(C(=O)O)c1)NCC(O)c1csc2ccccc12. The number of aliphatic hydroxyl groups excluding tert-OH is 1. The molecule has 5 nitrogen and oxygen atoms in total. The van der Waals surface area contributed by atoms with Crippen LogP contribution in [0.15, 0.2) is 53.9 Å². The summed E-state index contributed by atoms with van der Waals surface area (Å²) in [7, 11) is 0. The molecule has 2 aromatic carbocycles. The van der Waals surface area contributed by atoms with Crippen LogP contribution < -0.4 is 5.32 Å². The van der Waals surface area contributed by atoms with Crippen LogP contribution in [0.3, 0.4) is 0 Å². The van der Waals surface area contributed by atoms with E-state index in [9.17, 15) is 14.7 Å². The second kappa shape index (κ2) is 7.46. The molecular formula is C19H17NO4S. The van der Waals surface area contributed by atoms with Gasteiger partial charge in [-0.1, -0.05) is 30.3 Å². The van der Waals surface area contributed by atoms with Crippen LogP contribution in [0.25, 0.3) is 10.1 Å². The van der Waals surface area contributed by atoms with Gasteiger partial charge in [0.15, 0.2) is 0 Å². The van der Waals surface area contributed by atoms with E-state index in [1.54, 1.807) is 23.5 Å². The fourth-order valence-corrected chi connectivity index (χ4v) is 3.65. The van der Waals surface area contributed by atoms with E-state index in [1.807, 2.05) is 29.6 Å². The molecule has 1 unspecified atom stereocenters. The highest BCUT2D eigenvalue weighted by Crippen LogP contribution is 2.29. The van der Waals surface area contributed by atoms with Gasteiger partial charge in [0.1, 0.15) is 0 Å². The van der Waals surface area contributed by atoms with Gasteiger partial charge >= 0.3 is 5.97 Å². The molecule has 0 fully saturated rings. The molecule has 0 saturated carbocycles. The van der Waals surface area contributed by atoms with Crippen molar-refractivity contribution in [2.45, 2.75) is 12.5 Å². The van der Waals surface area contributed by atoms with Crippen molar-refractivity contribution in [3.63, 3.8) is 0 Å². The van der Waals surface area contributed by atoms with Crippen molar-refractivity contribution in [3.05, 3.63) is 70.6 Å². The maximum absolute atomic E-state index is 12.1. The van der Waals surface area contributed by atoms with Crippen molar-refractivity contribution in [1.82, 2.24) is 5.32 Å². The van der Waals surface area contributed by atoms with Gasteiger partial charge in [-0.25, -0.2) is 4.79 Å². The standard InChI is InChI=1S/C19H17NO4S/c21-16(15-11-25-17-7-2-1-6-14(15)17)10-20-18(22)9-12-4-3-5-13(8-12)19(23)24/h1-8,11,16,21H,9-10H2,(H,20,22)(H,23,24). The molecule has 1 heterocycles. The number of carboxylic acid groups (broad SMARTS) is 1. The number of carbonyl (C=O) groups is 2. The van der Waals surface area contributed by atoms with E-state index >= 15 is 0 Å². The number of thiophene rings is 1. The molecule has 0 bridgehead atoms. The number of rotatable bonds is 6. The molecule has 0 spiro atoms. The molecule has 1 atom stereocenters. The lowest BCUT2D eigenvalue weighted by Gasteiger charge is -2.12. The average Bonchev–Trinajstić information content (AvgIpc) is 3.04. The molecule has 0 aliphatic heterocycles. The second-order valence-electron chi connectivity index (χ2n) is 5.69. The Balaban J connectivity index is 1.60. The van der Waals surface area contributed by atoms with Crippen LogP contribution in [0.4, 0.5) is 0 Å². The summed E-state index contributed by atoms with van der Waals surface area (Å²) in [6.07, 6.45) is -0.719. The van der Waals surface area contributed by atoms with Crippen LogP contribution in [0.2, 0.25) is 0 Å². The topological polar surface area (TPSA) is 86.6 Å². The Kier molecular flexibility index (Phi) is 5.11. The van der Waals surface area contributed by atoms with E-state index in [0.717, 1.165) is 15.6 Å². The fourth-order valence-electron chi connectivity index (χ4n) is 2.64. The van der Waals surface area contributed by atoms with Crippen molar-refractivity contribution in [1.29, 1.82) is 0 Å². The lowest BCUT2D eigenvalue weighted by Crippen LogP contribution is -2.29. The van der Waals surface area contributed by atoms with Gasteiger partial charge in [-0.15, -0.1) is 11.3 Å². The summed E-state index contributed by atoms with van der Waals surface area (Å²) < 4.78 is 1.09. The number of amides is 1. The Morgan fingerprint density at radius 1 is 1.12 bits per heavy atom. The zero-order chi connectivity index (χ0) is 17.8. The Hall–Kier alpha value is -2.70. The van der Waals surface area contributed by atoms with Crippen molar-refractivity contribution >= 4 is 33.3 Å². The maximum atomic E-state index is 12.1. The quantitative estimate of drug-likeness (QED) is 0.634. The highest BCUT2D eigenvalue weighted by atomic mass is 32.1. The normalized spacial score (nSPS) is 12.0. The molecule has 1 amide bonds. The van der Waals surface area contributed by atoms with E-state index in [2.05, 4.69) is 5.32 Å². The van der Waals surface area contributed by atoms with E-state index in [-0.39, 0.29) is 24.4 Å². The molecule has 1 aromatic heterocycles. The third kappa shape index (κ3) is 4.04. The molecule has 3 aromatic rings. The van der Waals surface area contributed by atoms with Gasteiger partial charge in [-0.05, 0) is 34.5 Å². The van der Waals surface area contributed by atoms with Crippen molar-refractivity contribution < 1.29 is 19.8 Å². The van der Waals surface area contributed by atoms with E-state index in [0.29, 0.717) is 5.56 Å². The average molecular weight is 355 g/mol. The number of aliphatic hydroxyl groups is 1. The van der Waals surface area contributed by atoms with Crippen molar-refractivity contribution in [2.75, 3.05) is 6.54 Å². The Morgan fingerprint density at radius 3 is 2.72 bits per heavy atom. The molecule has 25 heavy (non-hydrogen) atoms. The highest BCUT2D eigenvalue weighted by Gasteiger charge is 2.14. The molecule has 3 rings (SSSR count). The first-order valence-corrected chi connectivity index (χ1v) is 8.65. The van der Waals surface area contributed by atoms with Gasteiger partial charge in [-0.3, -0.25) is 4.79 Å². The number of hydrogen-bond acceptors (Lipinski definition) is 4. The first kappa shape index (κ1) is 17.1. The first-order valence-electron chi connectivity index (χ1n) is 7.77. The van der Waals surface area contributed by atoms with E-state index < -0.39 is 12.1 Å². The molecular weight excluding hydrogens is 338 g/mol. The number of carbonyl (C=O) groups excluding carboxylic acids is 1. The number of hydrogen-bond donors (Lipinski definition) is 3. The summed E-state index contributed by atoms with van der Waals surface area (Å²) in [5.74, 6) is -1.29. The van der Waals surface area contributed by atoms with Crippen LogP contribution in [0.1, 0.15) is 27.6 Å². The third-order valence-corrected chi connectivity index (χ3v) is 4.88. The maximum Gasteiger partial charge on any atom is 0.335 e. The van der Waals surface area contributed by atoms with Gasteiger partial charge < -0.3 is 15.5 Å². The minimum atomic E-state index is -1.03. The number of benzene rings is 2. The molecule has 3 N–H and O–H groups in total. The van der Waals surface area contributed by atoms with Crippen LogP contribution in [0.5, 0.6) is 0 Å². The summed E-state index contributed by atoms with van der Waals surface area (Å²) in [4.78, 5) is 23.0. The Labute approximate surface area is 148 Å². The van der Waals surface area contributed by atoms with Crippen LogP contribution in [0, 0.1) is 0 Å². The minimum Gasteiger partial charge on any atom is -0.478 e. The van der Waals surface area contributed by atoms with Crippen molar-refractivity contribution in [2.24, 2.45) is 0 Å². The number of aromatic carboxylic acids is 1. The van der Waals surface area contributed by atoms with Gasteiger partial charge in [0, 0.05) is 16.8 Å². The zero-order valence-corrected chi connectivity index (χ0v) is 14.1. The summed E-state index contributed by atoms with van der Waals surface area (Å²) in [5, 5.41) is 24.9. The van der Waals surface area contributed by atoms with Gasteiger partial charge in [0.25, 0.3) is 0 Å². The fraction of sp³-hybridized carbons (Fsp3) is 0.158.